The first kappa shape index (κ1) is 15.7. The number of fused-ring (bicyclic) bond motifs is 1. The van der Waals surface area contributed by atoms with E-state index in [9.17, 15) is 4.79 Å². The molecule has 4 rings (SSSR count). The maximum absolute atomic E-state index is 13.0. The standard InChI is InChI=1S/C22H16O2S/c1-24-16-13-11-15(12-14-16)20-18-9-5-6-10-19(18)21(23)22(20)25-17-7-3-2-4-8-17/h2-14H,1H3. The zero-order valence-electron chi connectivity index (χ0n) is 13.7. The van der Waals surface area contributed by atoms with Crippen molar-refractivity contribution in [1.29, 1.82) is 0 Å². The highest BCUT2D eigenvalue weighted by Gasteiger charge is 2.30. The van der Waals surface area contributed by atoms with Crippen LogP contribution in [0.25, 0.3) is 5.57 Å². The number of Topliss-reactive ketones (excluding diaryl/α,β-unsaturated/α-hetero) is 1. The summed E-state index contributed by atoms with van der Waals surface area (Å²) in [5.41, 5.74) is 3.79. The van der Waals surface area contributed by atoms with E-state index in [4.69, 9.17) is 4.74 Å². The molecule has 0 radical (unpaired) electrons. The van der Waals surface area contributed by atoms with Crippen LogP contribution in [-0.2, 0) is 0 Å². The molecule has 0 saturated carbocycles. The third-order valence-electron chi connectivity index (χ3n) is 4.22. The number of carbonyl (C=O) groups excluding carboxylic acids is 1. The highest BCUT2D eigenvalue weighted by molar-refractivity contribution is 8.04. The van der Waals surface area contributed by atoms with Gasteiger partial charge in [0.25, 0.3) is 0 Å². The van der Waals surface area contributed by atoms with Crippen LogP contribution in [0.3, 0.4) is 0 Å². The zero-order chi connectivity index (χ0) is 17.2. The fourth-order valence-corrected chi connectivity index (χ4v) is 4.07. The first-order valence-electron chi connectivity index (χ1n) is 8.03. The summed E-state index contributed by atoms with van der Waals surface area (Å²) in [5, 5.41) is 0. The van der Waals surface area contributed by atoms with Gasteiger partial charge in [-0.25, -0.2) is 0 Å². The molecule has 3 aromatic rings. The van der Waals surface area contributed by atoms with E-state index in [0.717, 1.165) is 37.8 Å². The van der Waals surface area contributed by atoms with Crippen molar-refractivity contribution >= 4 is 23.1 Å². The molecule has 1 aliphatic rings. The number of ketones is 1. The van der Waals surface area contributed by atoms with Crippen molar-refractivity contribution in [3.63, 3.8) is 0 Å². The number of hydrogen-bond donors (Lipinski definition) is 0. The molecule has 0 aliphatic heterocycles. The molecule has 0 heterocycles. The van der Waals surface area contributed by atoms with Gasteiger partial charge in [0.2, 0.25) is 5.78 Å². The van der Waals surface area contributed by atoms with Crippen LogP contribution in [0.15, 0.2) is 88.7 Å². The lowest BCUT2D eigenvalue weighted by atomic mass is 9.99. The lowest BCUT2D eigenvalue weighted by molar-refractivity contribution is 0.104. The highest BCUT2D eigenvalue weighted by atomic mass is 32.2. The summed E-state index contributed by atoms with van der Waals surface area (Å²) in [7, 11) is 1.65. The minimum atomic E-state index is 0.0928. The summed E-state index contributed by atoms with van der Waals surface area (Å²) in [6, 6.07) is 25.7. The molecule has 3 aromatic carbocycles. The fourth-order valence-electron chi connectivity index (χ4n) is 3.01. The van der Waals surface area contributed by atoms with E-state index in [1.165, 1.54) is 11.8 Å². The summed E-state index contributed by atoms with van der Waals surface area (Å²) in [6.45, 7) is 0. The Bertz CT molecular complexity index is 957. The number of benzene rings is 3. The largest absolute Gasteiger partial charge is 0.497 e. The third kappa shape index (κ3) is 2.87. The van der Waals surface area contributed by atoms with Gasteiger partial charge in [0.15, 0.2) is 0 Å². The van der Waals surface area contributed by atoms with E-state index in [1.54, 1.807) is 7.11 Å². The van der Waals surface area contributed by atoms with Gasteiger partial charge in [0.05, 0.1) is 12.0 Å². The van der Waals surface area contributed by atoms with Crippen molar-refractivity contribution in [1.82, 2.24) is 0 Å². The van der Waals surface area contributed by atoms with Crippen molar-refractivity contribution < 1.29 is 9.53 Å². The Labute approximate surface area is 151 Å². The second-order valence-electron chi connectivity index (χ2n) is 5.72. The highest BCUT2D eigenvalue weighted by Crippen LogP contribution is 2.44. The molecule has 0 amide bonds. The van der Waals surface area contributed by atoms with Crippen LogP contribution in [-0.4, -0.2) is 12.9 Å². The van der Waals surface area contributed by atoms with Gasteiger partial charge in [0.1, 0.15) is 5.75 Å². The van der Waals surface area contributed by atoms with Crippen LogP contribution in [0.2, 0.25) is 0 Å². The van der Waals surface area contributed by atoms with Gasteiger partial charge in [0, 0.05) is 16.0 Å². The summed E-state index contributed by atoms with van der Waals surface area (Å²) < 4.78 is 5.26. The third-order valence-corrected chi connectivity index (χ3v) is 5.32. The smallest absolute Gasteiger partial charge is 0.200 e. The first-order valence-corrected chi connectivity index (χ1v) is 8.85. The Kier molecular flexibility index (Phi) is 4.16. The monoisotopic (exact) mass is 344 g/mol. The summed E-state index contributed by atoms with van der Waals surface area (Å²) >= 11 is 1.53. The molecule has 0 unspecified atom stereocenters. The predicted molar refractivity (Wildman–Crippen MR) is 102 cm³/mol. The second kappa shape index (κ2) is 6.61. The van der Waals surface area contributed by atoms with E-state index >= 15 is 0 Å². The van der Waals surface area contributed by atoms with Crippen LogP contribution in [0.4, 0.5) is 0 Å². The Hall–Kier alpha value is -2.78. The van der Waals surface area contributed by atoms with Gasteiger partial charge in [-0.15, -0.1) is 0 Å². The lowest BCUT2D eigenvalue weighted by Gasteiger charge is -2.09. The number of methoxy groups -OCH3 is 1. The molecule has 0 N–H and O–H groups in total. The lowest BCUT2D eigenvalue weighted by Crippen LogP contribution is -1.95. The van der Waals surface area contributed by atoms with Crippen molar-refractivity contribution in [2.45, 2.75) is 4.90 Å². The zero-order valence-corrected chi connectivity index (χ0v) is 14.5. The quantitative estimate of drug-likeness (QED) is 0.630. The normalized spacial score (nSPS) is 13.1. The van der Waals surface area contributed by atoms with Crippen molar-refractivity contribution in [3.05, 3.63) is 100 Å². The molecule has 0 bridgehead atoms. The molecule has 1 aliphatic carbocycles. The van der Waals surface area contributed by atoms with Crippen molar-refractivity contribution in [3.8, 4) is 5.75 Å². The van der Waals surface area contributed by atoms with Gasteiger partial charge in [-0.3, -0.25) is 4.79 Å². The Morgan fingerprint density at radius 3 is 2.08 bits per heavy atom. The van der Waals surface area contributed by atoms with E-state index in [2.05, 4.69) is 0 Å². The van der Waals surface area contributed by atoms with E-state index in [-0.39, 0.29) is 5.78 Å². The molecule has 25 heavy (non-hydrogen) atoms. The van der Waals surface area contributed by atoms with Crippen molar-refractivity contribution in [2.75, 3.05) is 7.11 Å². The SMILES string of the molecule is COc1ccc(C2=C(Sc3ccccc3)C(=O)c3ccccc32)cc1. The van der Waals surface area contributed by atoms with E-state index in [0.29, 0.717) is 0 Å². The topological polar surface area (TPSA) is 26.3 Å². The molecule has 0 spiro atoms. The Morgan fingerprint density at radius 1 is 0.760 bits per heavy atom. The number of ether oxygens (including phenoxy) is 1. The molecule has 3 heteroatoms. The van der Waals surface area contributed by atoms with Crippen molar-refractivity contribution in [2.24, 2.45) is 0 Å². The molecule has 0 fully saturated rings. The predicted octanol–water partition coefficient (Wildman–Crippen LogP) is 5.44. The van der Waals surface area contributed by atoms with Crippen LogP contribution >= 0.6 is 11.8 Å². The maximum Gasteiger partial charge on any atom is 0.200 e. The number of thioether (sulfide) groups is 1. The number of allylic oxidation sites excluding steroid dienone is 1. The molecule has 0 saturated heterocycles. The van der Waals surface area contributed by atoms with E-state index in [1.807, 2.05) is 78.9 Å². The summed E-state index contributed by atoms with van der Waals surface area (Å²) in [6.07, 6.45) is 0. The van der Waals surface area contributed by atoms with Crippen LogP contribution in [0, 0.1) is 0 Å². The maximum atomic E-state index is 13.0. The summed E-state index contributed by atoms with van der Waals surface area (Å²) in [5.74, 6) is 0.898. The number of rotatable bonds is 4. The minimum absolute atomic E-state index is 0.0928. The molecule has 0 aromatic heterocycles. The Balaban J connectivity index is 1.86. The Morgan fingerprint density at radius 2 is 1.40 bits per heavy atom. The molecular formula is C22H16O2S. The van der Waals surface area contributed by atoms with Gasteiger partial charge >= 0.3 is 0 Å². The van der Waals surface area contributed by atoms with Crippen LogP contribution < -0.4 is 4.74 Å². The molecular weight excluding hydrogens is 328 g/mol. The van der Waals surface area contributed by atoms with Gasteiger partial charge < -0.3 is 4.74 Å². The summed E-state index contributed by atoms with van der Waals surface area (Å²) in [4.78, 5) is 14.8. The average molecular weight is 344 g/mol. The number of hydrogen-bond acceptors (Lipinski definition) is 3. The minimum Gasteiger partial charge on any atom is -0.497 e. The second-order valence-corrected chi connectivity index (χ2v) is 6.81. The van der Waals surface area contributed by atoms with Crippen LogP contribution in [0.1, 0.15) is 21.5 Å². The average Bonchev–Trinajstić information content (AvgIpc) is 2.95. The van der Waals surface area contributed by atoms with Gasteiger partial charge in [-0.2, -0.15) is 0 Å². The molecule has 2 nitrogen and oxygen atoms in total. The fraction of sp³-hybridized carbons (Fsp3) is 0.0455. The first-order chi connectivity index (χ1) is 12.3. The van der Waals surface area contributed by atoms with Gasteiger partial charge in [-0.05, 0) is 35.4 Å². The molecule has 0 atom stereocenters. The number of carbonyl (C=O) groups is 1. The van der Waals surface area contributed by atoms with Crippen LogP contribution in [0.5, 0.6) is 5.75 Å². The molecule has 122 valence electrons. The van der Waals surface area contributed by atoms with E-state index < -0.39 is 0 Å². The van der Waals surface area contributed by atoms with Gasteiger partial charge in [-0.1, -0.05) is 66.4 Å².